The lowest BCUT2D eigenvalue weighted by Crippen LogP contribution is -2.14. The van der Waals surface area contributed by atoms with Gasteiger partial charge in [0, 0.05) is 32.9 Å². The number of aromatic nitrogens is 2. The summed E-state index contributed by atoms with van der Waals surface area (Å²) in [5, 5.41) is 9.47. The molecule has 3 nitrogen and oxygen atoms in total. The third-order valence-corrected chi connectivity index (χ3v) is 13.7. The number of nitrogens with zero attached hydrogens (tertiary/aromatic N) is 2. The molecule has 2 aromatic heterocycles. The highest BCUT2D eigenvalue weighted by Crippen LogP contribution is 2.53. The highest BCUT2D eigenvalue weighted by Gasteiger charge is 2.37. The van der Waals surface area contributed by atoms with E-state index in [0.717, 1.165) is 83.0 Å². The van der Waals surface area contributed by atoms with Gasteiger partial charge in [-0.05, 0) is 107 Å². The summed E-state index contributed by atoms with van der Waals surface area (Å²) in [5.74, 6) is 0.702. The summed E-state index contributed by atoms with van der Waals surface area (Å²) in [7, 11) is 0. The highest BCUT2D eigenvalue weighted by molar-refractivity contribution is 6.23. The van der Waals surface area contributed by atoms with Gasteiger partial charge in [-0.3, -0.25) is 0 Å². The van der Waals surface area contributed by atoms with Crippen LogP contribution >= 0.6 is 0 Å². The van der Waals surface area contributed by atoms with Gasteiger partial charge in [0.05, 0.1) is 11.4 Å². The van der Waals surface area contributed by atoms with Crippen LogP contribution < -0.4 is 0 Å². The van der Waals surface area contributed by atoms with Crippen LogP contribution in [0.2, 0.25) is 0 Å². The Bertz CT molecular complexity index is 3880. The molecule has 1 aliphatic carbocycles. The van der Waals surface area contributed by atoms with Gasteiger partial charge in [-0.25, -0.2) is 9.97 Å². The molecule has 64 heavy (non-hydrogen) atoms. The summed E-state index contributed by atoms with van der Waals surface area (Å²) in [4.78, 5) is 10.8. The van der Waals surface area contributed by atoms with E-state index in [1.54, 1.807) is 0 Å². The molecule has 2 heterocycles. The molecule has 0 saturated carbocycles. The van der Waals surface area contributed by atoms with Crippen LogP contribution in [-0.2, 0) is 5.41 Å². The van der Waals surface area contributed by atoms with Crippen molar-refractivity contribution in [2.45, 2.75) is 19.3 Å². The predicted molar refractivity (Wildman–Crippen MR) is 267 cm³/mol. The zero-order valence-electron chi connectivity index (χ0n) is 35.4. The van der Waals surface area contributed by atoms with E-state index in [-0.39, 0.29) is 5.41 Å². The molecule has 0 amide bonds. The summed E-state index contributed by atoms with van der Waals surface area (Å²) in [6.45, 7) is 4.70. The Labute approximate surface area is 371 Å². The van der Waals surface area contributed by atoms with Crippen LogP contribution in [0.3, 0.4) is 0 Å². The standard InChI is InChI=1S/C61H40N2O/c1-61(2)51-28-14-27-49(57(51)50-34-39-19-6-7-20-40(39)35-52(50)61)54-36-53(62-60(63-54)38-17-4-3-5-18-38)47-32-31-46(42-22-10-12-24-44(42)47)43-23-11-13-25-45(43)48-26-15-29-55-59(48)58-41-21-9-8-16-37(41)30-33-56(58)64-55/h3-36H,1-2H3. The normalized spacial score (nSPS) is 13.0. The van der Waals surface area contributed by atoms with Gasteiger partial charge in [0.2, 0.25) is 0 Å². The summed E-state index contributed by atoms with van der Waals surface area (Å²) in [6, 6.07) is 74.2. The van der Waals surface area contributed by atoms with Crippen LogP contribution in [0.1, 0.15) is 25.0 Å². The second kappa shape index (κ2) is 13.9. The summed E-state index contributed by atoms with van der Waals surface area (Å²) in [5.41, 5.74) is 16.4. The van der Waals surface area contributed by atoms with E-state index >= 15 is 0 Å². The Balaban J connectivity index is 1.02. The summed E-state index contributed by atoms with van der Waals surface area (Å²) >= 11 is 0. The first kappa shape index (κ1) is 36.5. The molecule has 0 atom stereocenters. The van der Waals surface area contributed by atoms with Gasteiger partial charge < -0.3 is 4.42 Å². The minimum Gasteiger partial charge on any atom is -0.456 e. The molecule has 0 aliphatic heterocycles. The molecule has 3 heteroatoms. The van der Waals surface area contributed by atoms with Crippen molar-refractivity contribution >= 4 is 54.3 Å². The molecule has 0 spiro atoms. The second-order valence-corrected chi connectivity index (χ2v) is 17.6. The van der Waals surface area contributed by atoms with Crippen molar-refractivity contribution in [3.8, 4) is 67.3 Å². The van der Waals surface area contributed by atoms with Crippen molar-refractivity contribution in [3.05, 3.63) is 217 Å². The lowest BCUT2D eigenvalue weighted by Gasteiger charge is -2.22. The molecule has 300 valence electrons. The average Bonchev–Trinajstić information content (AvgIpc) is 3.85. The maximum Gasteiger partial charge on any atom is 0.160 e. The summed E-state index contributed by atoms with van der Waals surface area (Å²) in [6.07, 6.45) is 0. The Morgan fingerprint density at radius 1 is 0.359 bits per heavy atom. The molecule has 10 aromatic carbocycles. The Hall–Kier alpha value is -8.14. The van der Waals surface area contributed by atoms with Crippen LogP contribution in [0.5, 0.6) is 0 Å². The van der Waals surface area contributed by atoms with Gasteiger partial charge in [0.1, 0.15) is 11.2 Å². The average molecular weight is 817 g/mol. The van der Waals surface area contributed by atoms with Gasteiger partial charge in [0.15, 0.2) is 5.82 Å². The molecule has 0 bridgehead atoms. The van der Waals surface area contributed by atoms with E-state index in [0.29, 0.717) is 5.82 Å². The monoisotopic (exact) mass is 816 g/mol. The van der Waals surface area contributed by atoms with Crippen LogP contribution in [0.15, 0.2) is 211 Å². The summed E-state index contributed by atoms with van der Waals surface area (Å²) < 4.78 is 6.54. The van der Waals surface area contributed by atoms with Crippen LogP contribution in [-0.4, -0.2) is 9.97 Å². The van der Waals surface area contributed by atoms with E-state index < -0.39 is 0 Å². The zero-order valence-corrected chi connectivity index (χ0v) is 35.4. The molecule has 0 fully saturated rings. The fraction of sp³-hybridized carbons (Fsp3) is 0.0492. The van der Waals surface area contributed by atoms with E-state index in [4.69, 9.17) is 14.4 Å². The van der Waals surface area contributed by atoms with Gasteiger partial charge in [-0.2, -0.15) is 0 Å². The highest BCUT2D eigenvalue weighted by atomic mass is 16.3. The van der Waals surface area contributed by atoms with Gasteiger partial charge >= 0.3 is 0 Å². The quantitative estimate of drug-likeness (QED) is 0.174. The first-order valence-electron chi connectivity index (χ1n) is 22.1. The third kappa shape index (κ3) is 5.47. The van der Waals surface area contributed by atoms with Gasteiger partial charge in [-0.1, -0.05) is 190 Å². The third-order valence-electron chi connectivity index (χ3n) is 13.7. The zero-order chi connectivity index (χ0) is 42.5. The lowest BCUT2D eigenvalue weighted by atomic mass is 9.81. The van der Waals surface area contributed by atoms with Crippen molar-refractivity contribution in [2.24, 2.45) is 0 Å². The number of hydrogen-bond donors (Lipinski definition) is 0. The topological polar surface area (TPSA) is 38.9 Å². The number of furan rings is 1. The number of benzene rings is 10. The molecule has 0 N–H and O–H groups in total. The van der Waals surface area contributed by atoms with Gasteiger partial charge in [-0.15, -0.1) is 0 Å². The van der Waals surface area contributed by atoms with E-state index in [2.05, 4.69) is 214 Å². The Morgan fingerprint density at radius 3 is 1.73 bits per heavy atom. The van der Waals surface area contributed by atoms with Crippen molar-refractivity contribution in [1.29, 1.82) is 0 Å². The maximum absolute atomic E-state index is 6.54. The lowest BCUT2D eigenvalue weighted by molar-refractivity contribution is 0.661. The molecule has 0 radical (unpaired) electrons. The van der Waals surface area contributed by atoms with Crippen LogP contribution in [0.4, 0.5) is 0 Å². The second-order valence-electron chi connectivity index (χ2n) is 17.6. The van der Waals surface area contributed by atoms with Crippen molar-refractivity contribution in [1.82, 2.24) is 9.97 Å². The predicted octanol–water partition coefficient (Wildman–Crippen LogP) is 16.5. The first-order valence-corrected chi connectivity index (χ1v) is 22.1. The number of hydrogen-bond acceptors (Lipinski definition) is 3. The number of fused-ring (bicyclic) bond motifs is 10. The Morgan fingerprint density at radius 2 is 0.938 bits per heavy atom. The molecule has 13 rings (SSSR count). The molecule has 0 saturated heterocycles. The van der Waals surface area contributed by atoms with Gasteiger partial charge in [0.25, 0.3) is 0 Å². The Kier molecular flexibility index (Phi) is 7.95. The number of rotatable bonds is 5. The SMILES string of the molecule is CC1(C)c2cc3ccccc3cc2-c2c(-c3cc(-c4ccc(-c5ccccc5-c5cccc6oc7ccc8ccccc8c7c56)c5ccccc45)nc(-c4ccccc4)n3)cccc21. The first-order chi connectivity index (χ1) is 31.5. The van der Waals surface area contributed by atoms with Crippen LogP contribution in [0.25, 0.3) is 122 Å². The fourth-order valence-corrected chi connectivity index (χ4v) is 10.6. The maximum atomic E-state index is 6.54. The van der Waals surface area contributed by atoms with Crippen molar-refractivity contribution < 1.29 is 4.42 Å². The molecule has 0 unspecified atom stereocenters. The van der Waals surface area contributed by atoms with Crippen LogP contribution in [0, 0.1) is 0 Å². The van der Waals surface area contributed by atoms with E-state index in [1.807, 2.05) is 6.07 Å². The fourth-order valence-electron chi connectivity index (χ4n) is 10.6. The van der Waals surface area contributed by atoms with E-state index in [9.17, 15) is 0 Å². The van der Waals surface area contributed by atoms with Crippen molar-refractivity contribution in [2.75, 3.05) is 0 Å². The smallest absolute Gasteiger partial charge is 0.160 e. The molecule has 1 aliphatic rings. The van der Waals surface area contributed by atoms with E-state index in [1.165, 1.54) is 43.8 Å². The molecular weight excluding hydrogens is 777 g/mol. The largest absolute Gasteiger partial charge is 0.456 e. The minimum atomic E-state index is -0.171. The molecular formula is C61H40N2O. The molecule has 12 aromatic rings. The van der Waals surface area contributed by atoms with Crippen molar-refractivity contribution in [3.63, 3.8) is 0 Å². The minimum absolute atomic E-state index is 0.171.